The lowest BCUT2D eigenvalue weighted by Crippen LogP contribution is -2.28. The maximum Gasteiger partial charge on any atom is 0.414 e. The molecule has 1 N–H and O–H groups in total. The lowest BCUT2D eigenvalue weighted by atomic mass is 10.2. The highest BCUT2D eigenvalue weighted by atomic mass is 32.2. The van der Waals surface area contributed by atoms with Crippen LogP contribution < -0.4 is 0 Å². The van der Waals surface area contributed by atoms with Crippen molar-refractivity contribution in [2.75, 3.05) is 6.61 Å². The molecule has 0 saturated heterocycles. The molecule has 0 fully saturated rings. The average Bonchev–Trinajstić information content (AvgIpc) is 3.25. The van der Waals surface area contributed by atoms with Crippen molar-refractivity contribution in [3.63, 3.8) is 0 Å². The van der Waals surface area contributed by atoms with Crippen LogP contribution in [0, 0.1) is 0 Å². The second-order valence-corrected chi connectivity index (χ2v) is 8.37. The standard InChI is InChI=1S/C18H17F3N2O3S2/c1-2-26-16(25)11-7-12-8-13(5-6-23(12)10-11)27-17-22-9-14(28-17)3-4-15(24)18(19,20)21/h5-10,15,24H,2-4H2,1H3. The van der Waals surface area contributed by atoms with Gasteiger partial charge >= 0.3 is 12.1 Å². The molecule has 0 bridgehead atoms. The molecule has 0 aromatic carbocycles. The summed E-state index contributed by atoms with van der Waals surface area (Å²) in [5, 5.41) is 9.08. The normalized spacial score (nSPS) is 13.0. The third-order valence-electron chi connectivity index (χ3n) is 3.86. The smallest absolute Gasteiger partial charge is 0.414 e. The van der Waals surface area contributed by atoms with Crippen LogP contribution in [0.5, 0.6) is 0 Å². The molecule has 0 spiro atoms. The van der Waals surface area contributed by atoms with E-state index >= 15 is 0 Å². The fourth-order valence-electron chi connectivity index (χ4n) is 2.47. The number of carbonyl (C=O) groups excluding carboxylic acids is 1. The molecule has 3 rings (SSSR count). The molecule has 28 heavy (non-hydrogen) atoms. The van der Waals surface area contributed by atoms with Gasteiger partial charge in [0.25, 0.3) is 0 Å². The molecule has 0 radical (unpaired) electrons. The first-order valence-electron chi connectivity index (χ1n) is 8.42. The van der Waals surface area contributed by atoms with Crippen LogP contribution in [0.1, 0.15) is 28.6 Å². The van der Waals surface area contributed by atoms with Crippen molar-refractivity contribution >= 4 is 34.6 Å². The second kappa shape index (κ2) is 8.54. The van der Waals surface area contributed by atoms with Gasteiger partial charge in [0, 0.05) is 33.9 Å². The Labute approximate surface area is 167 Å². The molecule has 3 aromatic rings. The van der Waals surface area contributed by atoms with Gasteiger partial charge in [-0.05, 0) is 38.0 Å². The molecule has 3 aromatic heterocycles. The summed E-state index contributed by atoms with van der Waals surface area (Å²) in [7, 11) is 0. The summed E-state index contributed by atoms with van der Waals surface area (Å²) in [6, 6.07) is 5.48. The van der Waals surface area contributed by atoms with Gasteiger partial charge in [-0.1, -0.05) is 11.8 Å². The number of fused-ring (bicyclic) bond motifs is 1. The number of alkyl halides is 3. The van der Waals surface area contributed by atoms with Crippen LogP contribution in [0.4, 0.5) is 13.2 Å². The monoisotopic (exact) mass is 430 g/mol. The van der Waals surface area contributed by atoms with Gasteiger partial charge in [0.2, 0.25) is 0 Å². The van der Waals surface area contributed by atoms with Gasteiger partial charge in [-0.3, -0.25) is 0 Å². The van der Waals surface area contributed by atoms with Crippen LogP contribution in [0.3, 0.4) is 0 Å². The number of halogens is 3. The average molecular weight is 430 g/mol. The van der Waals surface area contributed by atoms with Crippen molar-refractivity contribution in [1.82, 2.24) is 9.38 Å². The maximum atomic E-state index is 12.4. The lowest BCUT2D eigenvalue weighted by molar-refractivity contribution is -0.205. The number of aromatic nitrogens is 2. The number of hydrogen-bond donors (Lipinski definition) is 1. The molecule has 3 heterocycles. The van der Waals surface area contributed by atoms with Crippen LogP contribution >= 0.6 is 23.1 Å². The lowest BCUT2D eigenvalue weighted by Gasteiger charge is -2.13. The molecule has 0 aliphatic heterocycles. The molecule has 5 nitrogen and oxygen atoms in total. The predicted octanol–water partition coefficient (Wildman–Crippen LogP) is 4.58. The van der Waals surface area contributed by atoms with E-state index in [-0.39, 0.29) is 18.8 Å². The van der Waals surface area contributed by atoms with Gasteiger partial charge in [-0.2, -0.15) is 13.2 Å². The molecule has 1 unspecified atom stereocenters. The third kappa shape index (κ3) is 5.06. The van der Waals surface area contributed by atoms with E-state index < -0.39 is 12.3 Å². The van der Waals surface area contributed by atoms with Crippen LogP contribution in [-0.4, -0.2) is 39.3 Å². The van der Waals surface area contributed by atoms with E-state index in [2.05, 4.69) is 4.98 Å². The molecule has 10 heteroatoms. The summed E-state index contributed by atoms with van der Waals surface area (Å²) in [6.45, 7) is 2.05. The Morgan fingerprint density at radius 3 is 2.93 bits per heavy atom. The summed E-state index contributed by atoms with van der Waals surface area (Å²) in [5.41, 5.74) is 1.28. The van der Waals surface area contributed by atoms with E-state index in [9.17, 15) is 18.0 Å². The number of pyridine rings is 1. The zero-order valence-electron chi connectivity index (χ0n) is 14.8. The fourth-order valence-corrected chi connectivity index (χ4v) is 4.52. The largest absolute Gasteiger partial charge is 0.462 e. The fraction of sp³-hybridized carbons (Fsp3) is 0.333. The maximum absolute atomic E-state index is 12.4. The van der Waals surface area contributed by atoms with Gasteiger partial charge in [0.15, 0.2) is 4.34 Å². The third-order valence-corrected chi connectivity index (χ3v) is 5.98. The second-order valence-electron chi connectivity index (χ2n) is 5.93. The van der Waals surface area contributed by atoms with Gasteiger partial charge < -0.3 is 14.2 Å². The number of thiazole rings is 1. The van der Waals surface area contributed by atoms with Crippen molar-refractivity contribution in [3.8, 4) is 0 Å². The molecular formula is C18H17F3N2O3S2. The summed E-state index contributed by atoms with van der Waals surface area (Å²) >= 11 is 2.68. The number of esters is 1. The van der Waals surface area contributed by atoms with E-state index in [4.69, 9.17) is 9.84 Å². The van der Waals surface area contributed by atoms with Gasteiger partial charge in [-0.25, -0.2) is 9.78 Å². The number of rotatable bonds is 7. The Kier molecular flexibility index (Phi) is 6.31. The van der Waals surface area contributed by atoms with Gasteiger partial charge in [0.1, 0.15) is 6.10 Å². The molecule has 0 saturated carbocycles. The zero-order chi connectivity index (χ0) is 20.3. The van der Waals surface area contributed by atoms with Crippen LogP contribution in [-0.2, 0) is 11.2 Å². The minimum Gasteiger partial charge on any atom is -0.462 e. The first-order valence-corrected chi connectivity index (χ1v) is 10.1. The molecule has 1 atom stereocenters. The minimum atomic E-state index is -4.60. The van der Waals surface area contributed by atoms with Crippen molar-refractivity contribution in [2.45, 2.75) is 41.3 Å². The molecule has 0 amide bonds. The Morgan fingerprint density at radius 2 is 2.21 bits per heavy atom. The number of aliphatic hydroxyl groups is 1. The Morgan fingerprint density at radius 1 is 1.43 bits per heavy atom. The van der Waals surface area contributed by atoms with Crippen molar-refractivity contribution in [3.05, 3.63) is 47.2 Å². The number of hydrogen-bond acceptors (Lipinski definition) is 6. The van der Waals surface area contributed by atoms with Crippen LogP contribution in [0.2, 0.25) is 0 Å². The van der Waals surface area contributed by atoms with Crippen molar-refractivity contribution in [1.29, 1.82) is 0 Å². The quantitative estimate of drug-likeness (QED) is 0.556. The first-order chi connectivity index (χ1) is 13.3. The van der Waals surface area contributed by atoms with Gasteiger partial charge in [0.05, 0.1) is 12.2 Å². The van der Waals surface area contributed by atoms with Gasteiger partial charge in [-0.15, -0.1) is 11.3 Å². The van der Waals surface area contributed by atoms with Crippen LogP contribution in [0.25, 0.3) is 5.52 Å². The topological polar surface area (TPSA) is 63.8 Å². The first kappa shape index (κ1) is 20.7. The Bertz CT molecular complexity index is 969. The molecule has 0 aliphatic carbocycles. The SMILES string of the molecule is CCOC(=O)c1cc2cc(Sc3ncc(CCC(O)C(F)(F)F)s3)ccn2c1. The summed E-state index contributed by atoms with van der Waals surface area (Å²) in [4.78, 5) is 17.6. The Balaban J connectivity index is 1.66. The van der Waals surface area contributed by atoms with E-state index in [1.807, 2.05) is 22.7 Å². The van der Waals surface area contributed by atoms with Crippen LogP contribution in [0.15, 0.2) is 46.0 Å². The number of aryl methyl sites for hydroxylation is 1. The highest BCUT2D eigenvalue weighted by Crippen LogP contribution is 2.33. The van der Waals surface area contributed by atoms with Crippen molar-refractivity contribution < 1.29 is 27.8 Å². The van der Waals surface area contributed by atoms with E-state index in [1.165, 1.54) is 29.3 Å². The Hall–Kier alpha value is -2.04. The highest BCUT2D eigenvalue weighted by molar-refractivity contribution is 8.01. The molecule has 150 valence electrons. The van der Waals surface area contributed by atoms with E-state index in [0.29, 0.717) is 21.4 Å². The number of carbonyl (C=O) groups is 1. The number of nitrogens with zero attached hydrogens (tertiary/aromatic N) is 2. The predicted molar refractivity (Wildman–Crippen MR) is 100.0 cm³/mol. The highest BCUT2D eigenvalue weighted by Gasteiger charge is 2.37. The van der Waals surface area contributed by atoms with E-state index in [0.717, 1.165) is 10.4 Å². The van der Waals surface area contributed by atoms with E-state index in [1.54, 1.807) is 19.2 Å². The number of aliphatic hydroxyl groups excluding tert-OH is 1. The summed E-state index contributed by atoms with van der Waals surface area (Å²) in [6.07, 6.45) is -2.16. The van der Waals surface area contributed by atoms with Crippen molar-refractivity contribution in [2.24, 2.45) is 0 Å². The minimum absolute atomic E-state index is 0.111. The molecular weight excluding hydrogens is 413 g/mol. The number of ether oxygens (including phenoxy) is 1. The summed E-state index contributed by atoms with van der Waals surface area (Å²) < 4.78 is 44.6. The molecule has 0 aliphatic rings. The summed E-state index contributed by atoms with van der Waals surface area (Å²) in [5.74, 6) is -0.383. The zero-order valence-corrected chi connectivity index (χ0v) is 16.4.